The molecule has 118 valence electrons. The van der Waals surface area contributed by atoms with Gasteiger partial charge in [0.05, 0.1) is 11.3 Å². The molecule has 0 aliphatic heterocycles. The zero-order valence-corrected chi connectivity index (χ0v) is 12.3. The highest BCUT2D eigenvalue weighted by molar-refractivity contribution is 5.97. The fourth-order valence-corrected chi connectivity index (χ4v) is 1.78. The van der Waals surface area contributed by atoms with Crippen LogP contribution in [0.3, 0.4) is 0 Å². The quantitative estimate of drug-likeness (QED) is 0.680. The van der Waals surface area contributed by atoms with Crippen molar-refractivity contribution in [1.29, 1.82) is 0 Å². The predicted molar refractivity (Wildman–Crippen MR) is 81.7 cm³/mol. The molecule has 1 N–H and O–H groups in total. The van der Waals surface area contributed by atoms with Crippen molar-refractivity contribution >= 4 is 23.9 Å². The van der Waals surface area contributed by atoms with Crippen molar-refractivity contribution in [2.45, 2.75) is 13.0 Å². The highest BCUT2D eigenvalue weighted by Gasteiger charge is 2.19. The van der Waals surface area contributed by atoms with E-state index in [2.05, 4.69) is 5.32 Å². The number of nitrogens with one attached hydrogen (secondary N) is 1. The van der Waals surface area contributed by atoms with Gasteiger partial charge in [-0.3, -0.25) is 9.59 Å². The Morgan fingerprint density at radius 1 is 1.13 bits per heavy atom. The number of hydrogen-bond donors (Lipinski definition) is 1. The minimum Gasteiger partial charge on any atom is -0.449 e. The van der Waals surface area contributed by atoms with E-state index in [-0.39, 0.29) is 11.3 Å². The van der Waals surface area contributed by atoms with Crippen molar-refractivity contribution in [2.75, 3.05) is 5.32 Å². The van der Waals surface area contributed by atoms with Gasteiger partial charge in [-0.25, -0.2) is 9.18 Å². The third kappa shape index (κ3) is 4.23. The molecule has 0 saturated heterocycles. The van der Waals surface area contributed by atoms with E-state index >= 15 is 0 Å². The van der Waals surface area contributed by atoms with Crippen molar-refractivity contribution in [2.24, 2.45) is 0 Å². The van der Waals surface area contributed by atoms with E-state index in [1.54, 1.807) is 6.07 Å². The topological polar surface area (TPSA) is 72.5 Å². The first kappa shape index (κ1) is 16.4. The van der Waals surface area contributed by atoms with Crippen molar-refractivity contribution in [3.8, 4) is 0 Å². The van der Waals surface area contributed by atoms with Crippen LogP contribution >= 0.6 is 0 Å². The van der Waals surface area contributed by atoms with Gasteiger partial charge in [0.1, 0.15) is 12.1 Å². The molecule has 0 fully saturated rings. The molecule has 0 spiro atoms. The minimum absolute atomic E-state index is 0.00994. The third-order valence-electron chi connectivity index (χ3n) is 3.07. The van der Waals surface area contributed by atoms with E-state index in [0.717, 1.165) is 0 Å². The van der Waals surface area contributed by atoms with E-state index in [0.29, 0.717) is 11.8 Å². The summed E-state index contributed by atoms with van der Waals surface area (Å²) in [5.41, 5.74) is 0.642. The Hall–Kier alpha value is -3.02. The van der Waals surface area contributed by atoms with Crippen molar-refractivity contribution in [1.82, 2.24) is 0 Å². The summed E-state index contributed by atoms with van der Waals surface area (Å²) in [6.45, 7) is 1.38. The Bertz CT molecular complexity index is 728. The second kappa shape index (κ2) is 7.31. The maximum Gasteiger partial charge on any atom is 0.338 e. The summed E-state index contributed by atoms with van der Waals surface area (Å²) in [7, 11) is 0. The monoisotopic (exact) mass is 315 g/mol. The molecule has 1 amide bonds. The zero-order chi connectivity index (χ0) is 16.8. The number of esters is 1. The predicted octanol–water partition coefficient (Wildman–Crippen LogP) is 2.82. The molecule has 1 atom stereocenters. The number of hydrogen-bond acceptors (Lipinski definition) is 4. The van der Waals surface area contributed by atoms with Gasteiger partial charge in [-0.1, -0.05) is 24.3 Å². The van der Waals surface area contributed by atoms with Crippen LogP contribution in [0.2, 0.25) is 0 Å². The minimum atomic E-state index is -1.10. The van der Waals surface area contributed by atoms with Gasteiger partial charge in [0.2, 0.25) is 0 Å². The van der Waals surface area contributed by atoms with E-state index in [1.807, 2.05) is 0 Å². The van der Waals surface area contributed by atoms with Crippen LogP contribution in [0.4, 0.5) is 10.1 Å². The molecule has 0 aromatic heterocycles. The molecule has 2 aromatic carbocycles. The lowest BCUT2D eigenvalue weighted by Gasteiger charge is -2.14. The Morgan fingerprint density at radius 2 is 1.78 bits per heavy atom. The Kier molecular flexibility index (Phi) is 5.19. The van der Waals surface area contributed by atoms with Crippen LogP contribution in [-0.2, 0) is 9.53 Å². The Labute approximate surface area is 132 Å². The molecule has 0 bridgehead atoms. The molecule has 5 nitrogen and oxygen atoms in total. The standard InChI is InChI=1S/C17H14FNO4/c1-11(16(21)19-15-5-3-2-4-14(15)18)23-17(22)13-8-6-12(10-20)7-9-13/h2-11H,1H3,(H,19,21)/t11-/m1/s1. The van der Waals surface area contributed by atoms with Gasteiger partial charge in [0, 0.05) is 5.56 Å². The van der Waals surface area contributed by atoms with Crippen LogP contribution in [0.25, 0.3) is 0 Å². The Balaban J connectivity index is 1.98. The smallest absolute Gasteiger partial charge is 0.338 e. The number of carbonyl (C=O) groups is 3. The lowest BCUT2D eigenvalue weighted by Crippen LogP contribution is -2.30. The summed E-state index contributed by atoms with van der Waals surface area (Å²) < 4.78 is 18.5. The first-order chi connectivity index (χ1) is 11.0. The molecule has 0 heterocycles. The van der Waals surface area contributed by atoms with E-state index in [1.165, 1.54) is 49.4 Å². The van der Waals surface area contributed by atoms with Crippen LogP contribution < -0.4 is 5.32 Å². The number of para-hydroxylation sites is 1. The molecule has 0 unspecified atom stereocenters. The van der Waals surface area contributed by atoms with Crippen LogP contribution in [-0.4, -0.2) is 24.3 Å². The number of ether oxygens (including phenoxy) is 1. The molecule has 0 aliphatic rings. The number of anilines is 1. The number of aldehydes is 1. The average Bonchev–Trinajstić information content (AvgIpc) is 2.56. The van der Waals surface area contributed by atoms with E-state index < -0.39 is 23.8 Å². The molecular weight excluding hydrogens is 301 g/mol. The van der Waals surface area contributed by atoms with Gasteiger partial charge in [-0.05, 0) is 31.2 Å². The molecule has 0 aliphatic carbocycles. The van der Waals surface area contributed by atoms with Gasteiger partial charge >= 0.3 is 5.97 Å². The average molecular weight is 315 g/mol. The normalized spacial score (nSPS) is 11.4. The number of halogens is 1. The summed E-state index contributed by atoms with van der Waals surface area (Å²) >= 11 is 0. The molecule has 6 heteroatoms. The van der Waals surface area contributed by atoms with Gasteiger partial charge in [-0.15, -0.1) is 0 Å². The fraction of sp³-hybridized carbons (Fsp3) is 0.118. The zero-order valence-electron chi connectivity index (χ0n) is 12.3. The highest BCUT2D eigenvalue weighted by atomic mass is 19.1. The molecule has 0 saturated carbocycles. The molecule has 23 heavy (non-hydrogen) atoms. The summed E-state index contributed by atoms with van der Waals surface area (Å²) in [5, 5.41) is 2.35. The van der Waals surface area contributed by atoms with Gasteiger partial charge in [0.25, 0.3) is 5.91 Å². The highest BCUT2D eigenvalue weighted by Crippen LogP contribution is 2.13. The summed E-state index contributed by atoms with van der Waals surface area (Å²) in [5.74, 6) is -1.93. The van der Waals surface area contributed by atoms with E-state index in [4.69, 9.17) is 4.74 Å². The maximum absolute atomic E-state index is 13.5. The summed E-state index contributed by atoms with van der Waals surface area (Å²) in [4.78, 5) is 34.4. The van der Waals surface area contributed by atoms with E-state index in [9.17, 15) is 18.8 Å². The van der Waals surface area contributed by atoms with Crippen molar-refractivity contribution in [3.63, 3.8) is 0 Å². The van der Waals surface area contributed by atoms with Crippen molar-refractivity contribution < 1.29 is 23.5 Å². The van der Waals surface area contributed by atoms with Crippen LogP contribution in [0, 0.1) is 5.82 Å². The summed E-state index contributed by atoms with van der Waals surface area (Å²) in [6.07, 6.45) is -0.451. The molecule has 2 rings (SSSR count). The maximum atomic E-state index is 13.5. The molecular formula is C17H14FNO4. The van der Waals surface area contributed by atoms with Crippen LogP contribution in [0.15, 0.2) is 48.5 Å². The lowest BCUT2D eigenvalue weighted by molar-refractivity contribution is -0.123. The first-order valence-electron chi connectivity index (χ1n) is 6.83. The van der Waals surface area contributed by atoms with Crippen molar-refractivity contribution in [3.05, 3.63) is 65.5 Å². The van der Waals surface area contributed by atoms with Gasteiger partial charge in [-0.2, -0.15) is 0 Å². The number of carbonyl (C=O) groups excluding carboxylic acids is 3. The number of benzene rings is 2. The first-order valence-corrected chi connectivity index (χ1v) is 6.83. The number of amides is 1. The largest absolute Gasteiger partial charge is 0.449 e. The van der Waals surface area contributed by atoms with Crippen LogP contribution in [0.1, 0.15) is 27.6 Å². The molecule has 0 radical (unpaired) electrons. The van der Waals surface area contributed by atoms with Gasteiger partial charge in [0.15, 0.2) is 6.10 Å². The van der Waals surface area contributed by atoms with Crippen LogP contribution in [0.5, 0.6) is 0 Å². The van der Waals surface area contributed by atoms with Gasteiger partial charge < -0.3 is 10.1 Å². The summed E-state index contributed by atoms with van der Waals surface area (Å²) in [6, 6.07) is 11.5. The Morgan fingerprint density at radius 3 is 2.39 bits per heavy atom. The third-order valence-corrected chi connectivity index (χ3v) is 3.07. The second-order valence-electron chi connectivity index (χ2n) is 4.76. The second-order valence-corrected chi connectivity index (χ2v) is 4.76. The SMILES string of the molecule is C[C@@H](OC(=O)c1ccc(C=O)cc1)C(=O)Nc1ccccc1F. The number of rotatable bonds is 5. The molecule has 2 aromatic rings. The fourth-order valence-electron chi connectivity index (χ4n) is 1.78. The lowest BCUT2D eigenvalue weighted by atomic mass is 10.1.